The number of rotatable bonds is 2. The molecule has 114 valence electrons. The van der Waals surface area contributed by atoms with Gasteiger partial charge in [-0.2, -0.15) is 4.31 Å². The van der Waals surface area contributed by atoms with Crippen molar-refractivity contribution >= 4 is 10.0 Å². The Hall–Kier alpha value is -1.42. The zero-order chi connectivity index (χ0) is 15.3. The lowest BCUT2D eigenvalue weighted by atomic mass is 10.2. The van der Waals surface area contributed by atoms with Crippen LogP contribution in [0.15, 0.2) is 23.1 Å². The maximum absolute atomic E-state index is 14.1. The third-order valence-electron chi connectivity index (χ3n) is 3.43. The molecule has 0 aliphatic carbocycles. The second-order valence-electron chi connectivity index (χ2n) is 4.92. The molecule has 6 heteroatoms. The SMILES string of the molecule is O=S(=O)(c1ccc(C#CCO)cc1F)N1CCCCCC1. The Morgan fingerprint density at radius 3 is 2.43 bits per heavy atom. The minimum absolute atomic E-state index is 0.307. The molecule has 0 amide bonds. The minimum atomic E-state index is -3.79. The molecule has 1 fully saturated rings. The molecule has 1 aliphatic heterocycles. The molecule has 0 radical (unpaired) electrons. The summed E-state index contributed by atoms with van der Waals surface area (Å²) in [4.78, 5) is -0.307. The largest absolute Gasteiger partial charge is 0.384 e. The van der Waals surface area contributed by atoms with Gasteiger partial charge >= 0.3 is 0 Å². The van der Waals surface area contributed by atoms with Crippen LogP contribution in [0.4, 0.5) is 4.39 Å². The summed E-state index contributed by atoms with van der Waals surface area (Å²) in [5.74, 6) is 4.15. The van der Waals surface area contributed by atoms with Gasteiger partial charge in [-0.25, -0.2) is 12.8 Å². The number of hydrogen-bond donors (Lipinski definition) is 1. The maximum atomic E-state index is 14.1. The Bertz CT molecular complexity index is 653. The lowest BCUT2D eigenvalue weighted by Crippen LogP contribution is -2.32. The fourth-order valence-electron chi connectivity index (χ4n) is 2.35. The average molecular weight is 311 g/mol. The summed E-state index contributed by atoms with van der Waals surface area (Å²) in [5.41, 5.74) is 0.344. The van der Waals surface area contributed by atoms with E-state index in [1.807, 2.05) is 0 Å². The Morgan fingerprint density at radius 1 is 1.19 bits per heavy atom. The molecule has 1 N–H and O–H groups in total. The van der Waals surface area contributed by atoms with Crippen LogP contribution in [0.3, 0.4) is 0 Å². The first kappa shape index (κ1) is 16.0. The van der Waals surface area contributed by atoms with Crippen LogP contribution in [0.2, 0.25) is 0 Å². The Labute approximate surface area is 124 Å². The third-order valence-corrected chi connectivity index (χ3v) is 5.36. The van der Waals surface area contributed by atoms with Crippen molar-refractivity contribution in [3.8, 4) is 11.8 Å². The van der Waals surface area contributed by atoms with Gasteiger partial charge in [-0.05, 0) is 31.0 Å². The van der Waals surface area contributed by atoms with Crippen LogP contribution in [0.25, 0.3) is 0 Å². The van der Waals surface area contributed by atoms with E-state index in [0.29, 0.717) is 18.7 Å². The summed E-state index contributed by atoms with van der Waals surface area (Å²) in [6.45, 7) is 0.553. The molecule has 0 spiro atoms. The van der Waals surface area contributed by atoms with Crippen LogP contribution in [-0.2, 0) is 10.0 Å². The molecule has 1 heterocycles. The van der Waals surface area contributed by atoms with Crippen LogP contribution >= 0.6 is 0 Å². The van der Waals surface area contributed by atoms with Crippen molar-refractivity contribution in [1.82, 2.24) is 4.31 Å². The van der Waals surface area contributed by atoms with Crippen molar-refractivity contribution in [3.63, 3.8) is 0 Å². The highest BCUT2D eigenvalue weighted by atomic mass is 32.2. The second kappa shape index (κ2) is 7.03. The van der Waals surface area contributed by atoms with E-state index in [1.165, 1.54) is 16.4 Å². The molecule has 2 rings (SSSR count). The zero-order valence-electron chi connectivity index (χ0n) is 11.7. The van der Waals surface area contributed by atoms with Crippen molar-refractivity contribution in [2.45, 2.75) is 30.6 Å². The molecule has 0 unspecified atom stereocenters. The van der Waals surface area contributed by atoms with E-state index in [-0.39, 0.29) is 11.5 Å². The lowest BCUT2D eigenvalue weighted by molar-refractivity contribution is 0.350. The molecule has 1 aromatic rings. The topological polar surface area (TPSA) is 57.6 Å². The quantitative estimate of drug-likeness (QED) is 0.846. The van der Waals surface area contributed by atoms with Gasteiger partial charge in [0.2, 0.25) is 10.0 Å². The number of benzene rings is 1. The summed E-state index contributed by atoms with van der Waals surface area (Å²) in [6.07, 6.45) is 3.62. The van der Waals surface area contributed by atoms with E-state index >= 15 is 0 Å². The van der Waals surface area contributed by atoms with E-state index in [9.17, 15) is 12.8 Å². The number of nitrogens with zero attached hydrogens (tertiary/aromatic N) is 1. The standard InChI is InChI=1S/C15H18FNO3S/c16-14-12-13(6-5-11-18)7-8-15(14)21(19,20)17-9-3-1-2-4-10-17/h7-8,12,18H,1-4,9-11H2. The molecule has 0 bridgehead atoms. The van der Waals surface area contributed by atoms with Crippen molar-refractivity contribution < 1.29 is 17.9 Å². The normalized spacial score (nSPS) is 16.9. The fraction of sp³-hybridized carbons (Fsp3) is 0.467. The van der Waals surface area contributed by atoms with E-state index in [4.69, 9.17) is 5.11 Å². The molecule has 1 aliphatic rings. The zero-order valence-corrected chi connectivity index (χ0v) is 12.5. The Kier molecular flexibility index (Phi) is 5.34. The van der Waals surface area contributed by atoms with Crippen LogP contribution in [-0.4, -0.2) is 37.5 Å². The Morgan fingerprint density at radius 2 is 1.86 bits per heavy atom. The summed E-state index contributed by atoms with van der Waals surface area (Å²) in [6, 6.07) is 3.79. The second-order valence-corrected chi connectivity index (χ2v) is 6.83. The van der Waals surface area contributed by atoms with Crippen molar-refractivity contribution in [3.05, 3.63) is 29.6 Å². The molecule has 0 atom stereocenters. The molecular formula is C15H18FNO3S. The van der Waals surface area contributed by atoms with Gasteiger partial charge in [-0.15, -0.1) is 0 Å². The van der Waals surface area contributed by atoms with Crippen molar-refractivity contribution in [2.75, 3.05) is 19.7 Å². The van der Waals surface area contributed by atoms with Gasteiger partial charge in [-0.1, -0.05) is 24.7 Å². The first-order valence-corrected chi connectivity index (χ1v) is 8.39. The predicted octanol–water partition coefficient (Wildman–Crippen LogP) is 1.73. The van der Waals surface area contributed by atoms with Gasteiger partial charge < -0.3 is 5.11 Å². The number of sulfonamides is 1. The van der Waals surface area contributed by atoms with Gasteiger partial charge in [-0.3, -0.25) is 0 Å². The average Bonchev–Trinajstić information content (AvgIpc) is 2.74. The minimum Gasteiger partial charge on any atom is -0.384 e. The molecule has 4 nitrogen and oxygen atoms in total. The number of halogens is 1. The summed E-state index contributed by atoms with van der Waals surface area (Å²) in [5, 5.41) is 8.61. The molecule has 0 aromatic heterocycles. The predicted molar refractivity (Wildman–Crippen MR) is 77.6 cm³/mol. The highest BCUT2D eigenvalue weighted by Gasteiger charge is 2.27. The number of aliphatic hydroxyl groups excluding tert-OH is 1. The van der Waals surface area contributed by atoms with Crippen molar-refractivity contribution in [1.29, 1.82) is 0 Å². The first-order chi connectivity index (χ1) is 10.1. The van der Waals surface area contributed by atoms with Gasteiger partial charge in [0.05, 0.1) is 0 Å². The molecule has 21 heavy (non-hydrogen) atoms. The monoisotopic (exact) mass is 311 g/mol. The third kappa shape index (κ3) is 3.82. The van der Waals surface area contributed by atoms with Gasteiger partial charge in [0.1, 0.15) is 17.3 Å². The highest BCUT2D eigenvalue weighted by Crippen LogP contribution is 2.23. The maximum Gasteiger partial charge on any atom is 0.245 e. The molecule has 0 saturated carbocycles. The summed E-state index contributed by atoms with van der Waals surface area (Å²) in [7, 11) is -3.79. The number of aliphatic hydroxyl groups is 1. The van der Waals surface area contributed by atoms with Crippen LogP contribution in [0.1, 0.15) is 31.2 Å². The van der Waals surface area contributed by atoms with E-state index in [1.54, 1.807) is 0 Å². The van der Waals surface area contributed by atoms with Crippen LogP contribution in [0, 0.1) is 17.7 Å². The van der Waals surface area contributed by atoms with Crippen LogP contribution in [0.5, 0.6) is 0 Å². The lowest BCUT2D eigenvalue weighted by Gasteiger charge is -2.20. The van der Waals surface area contributed by atoms with Gasteiger partial charge in [0, 0.05) is 18.7 Å². The van der Waals surface area contributed by atoms with E-state index in [2.05, 4.69) is 11.8 Å². The highest BCUT2D eigenvalue weighted by molar-refractivity contribution is 7.89. The van der Waals surface area contributed by atoms with Gasteiger partial charge in [0.25, 0.3) is 0 Å². The van der Waals surface area contributed by atoms with Crippen LogP contribution < -0.4 is 0 Å². The first-order valence-electron chi connectivity index (χ1n) is 6.95. The molecular weight excluding hydrogens is 293 g/mol. The summed E-state index contributed by atoms with van der Waals surface area (Å²) >= 11 is 0. The van der Waals surface area contributed by atoms with Crippen molar-refractivity contribution in [2.24, 2.45) is 0 Å². The number of hydrogen-bond acceptors (Lipinski definition) is 3. The molecule has 1 aromatic carbocycles. The summed E-state index contributed by atoms with van der Waals surface area (Å²) < 4.78 is 40.4. The molecule has 1 saturated heterocycles. The van der Waals surface area contributed by atoms with E-state index in [0.717, 1.165) is 31.7 Å². The Balaban J connectivity index is 2.31. The fourth-order valence-corrected chi connectivity index (χ4v) is 3.91. The van der Waals surface area contributed by atoms with Gasteiger partial charge in [0.15, 0.2) is 0 Å². The smallest absolute Gasteiger partial charge is 0.245 e. The van der Waals surface area contributed by atoms with E-state index < -0.39 is 15.8 Å².